The first kappa shape index (κ1) is 45.9. The molecule has 0 aromatic carbocycles. The van der Waals surface area contributed by atoms with E-state index in [0.717, 1.165) is 77.2 Å². The van der Waals surface area contributed by atoms with Crippen LogP contribution in [0.25, 0.3) is 0 Å². The van der Waals surface area contributed by atoms with E-state index in [1.165, 1.54) is 89.9 Å². The van der Waals surface area contributed by atoms with Gasteiger partial charge in [-0.2, -0.15) is 0 Å². The fourth-order valence-corrected chi connectivity index (χ4v) is 5.40. The van der Waals surface area contributed by atoms with Crippen molar-refractivity contribution in [2.24, 2.45) is 0 Å². The molecule has 7 heteroatoms. The minimum Gasteiger partial charge on any atom is -0.463 e. The summed E-state index contributed by atoms with van der Waals surface area (Å²) in [7, 11) is 4.17. The maximum absolute atomic E-state index is 11.8. The molecule has 0 fully saturated rings. The second-order valence-electron chi connectivity index (χ2n) is 13.5. The van der Waals surface area contributed by atoms with Gasteiger partial charge < -0.3 is 14.4 Å². The van der Waals surface area contributed by atoms with Crippen LogP contribution >= 0.6 is 0 Å². The van der Waals surface area contributed by atoms with Crippen molar-refractivity contribution in [2.75, 3.05) is 33.9 Å². The maximum Gasteiger partial charge on any atom is 0.330 e. The van der Waals surface area contributed by atoms with E-state index in [4.69, 9.17) is 14.3 Å². The monoisotopic (exact) mass is 677 g/mol. The largest absolute Gasteiger partial charge is 0.463 e. The summed E-state index contributed by atoms with van der Waals surface area (Å²) in [4.78, 5) is 31.9. The highest BCUT2D eigenvalue weighted by Crippen LogP contribution is 2.16. The number of hydrogen-bond donors (Lipinski definition) is 1. The summed E-state index contributed by atoms with van der Waals surface area (Å²) < 4.78 is 10.7. The zero-order chi connectivity index (χ0) is 35.2. The van der Waals surface area contributed by atoms with Gasteiger partial charge in [-0.15, -0.1) is 0 Å². The third-order valence-corrected chi connectivity index (χ3v) is 8.45. The molecule has 0 rings (SSSR count). The Morgan fingerprint density at radius 2 is 1.00 bits per heavy atom. The molecule has 280 valence electrons. The molecular weight excluding hydrogens is 600 g/mol. The summed E-state index contributed by atoms with van der Waals surface area (Å²) in [5, 5.41) is 0. The first-order valence-corrected chi connectivity index (χ1v) is 19.9. The number of unbranched alkanes of at least 4 members (excludes halogenated alkanes) is 18. The molecule has 0 aliphatic heterocycles. The molecule has 0 spiro atoms. The molecular formula is C41H76N2O5. The number of nitrogens with one attached hydrogen (secondary N) is 1. The minimum atomic E-state index is -0.202. The maximum atomic E-state index is 11.8. The van der Waals surface area contributed by atoms with Gasteiger partial charge in [0, 0.05) is 24.9 Å². The number of carbonyl (C=O) groups excluding carboxylic acids is 2. The van der Waals surface area contributed by atoms with Gasteiger partial charge in [0.05, 0.1) is 19.3 Å². The molecule has 0 radical (unpaired) electrons. The van der Waals surface area contributed by atoms with E-state index in [1.807, 2.05) is 18.4 Å². The third-order valence-electron chi connectivity index (χ3n) is 8.45. The summed E-state index contributed by atoms with van der Waals surface area (Å²) in [6, 6.07) is 0. The van der Waals surface area contributed by atoms with E-state index in [-0.39, 0.29) is 18.0 Å². The summed E-state index contributed by atoms with van der Waals surface area (Å²) in [5.41, 5.74) is 3.08. The van der Waals surface area contributed by atoms with Crippen LogP contribution < -0.4 is 5.48 Å². The molecule has 0 aromatic heterocycles. The lowest BCUT2D eigenvalue weighted by molar-refractivity contribution is -0.138. The van der Waals surface area contributed by atoms with Gasteiger partial charge in [-0.05, 0) is 71.9 Å². The van der Waals surface area contributed by atoms with Crippen LogP contribution in [0.4, 0.5) is 0 Å². The molecule has 0 atom stereocenters. The highest BCUT2D eigenvalue weighted by Gasteiger charge is 2.09. The summed E-state index contributed by atoms with van der Waals surface area (Å²) in [5.74, 6) is -0.403. The van der Waals surface area contributed by atoms with Crippen molar-refractivity contribution in [3.8, 4) is 0 Å². The molecule has 0 aliphatic carbocycles. The number of hydrogen-bond acceptors (Lipinski definition) is 7. The smallest absolute Gasteiger partial charge is 0.330 e. The van der Waals surface area contributed by atoms with Crippen molar-refractivity contribution in [3.05, 3.63) is 36.6 Å². The highest BCUT2D eigenvalue weighted by molar-refractivity contribution is 5.82. The van der Waals surface area contributed by atoms with Gasteiger partial charge in [0.2, 0.25) is 0 Å². The molecule has 0 bridgehead atoms. The summed E-state index contributed by atoms with van der Waals surface area (Å²) in [6.45, 7) is 6.48. The van der Waals surface area contributed by atoms with Gasteiger partial charge >= 0.3 is 11.9 Å². The first-order valence-electron chi connectivity index (χ1n) is 19.9. The van der Waals surface area contributed by atoms with Crippen LogP contribution in [0.5, 0.6) is 0 Å². The Balaban J connectivity index is 4.03. The van der Waals surface area contributed by atoms with Crippen LogP contribution in [-0.2, 0) is 23.9 Å². The Morgan fingerprint density at radius 3 is 1.46 bits per heavy atom. The van der Waals surface area contributed by atoms with E-state index >= 15 is 0 Å². The number of hydroxylamine groups is 1. The van der Waals surface area contributed by atoms with Crippen molar-refractivity contribution in [3.63, 3.8) is 0 Å². The van der Waals surface area contributed by atoms with E-state index in [2.05, 4.69) is 44.4 Å². The van der Waals surface area contributed by atoms with Crippen molar-refractivity contribution < 1.29 is 23.9 Å². The predicted octanol–water partition coefficient (Wildman–Crippen LogP) is 10.9. The summed E-state index contributed by atoms with van der Waals surface area (Å²) in [6.07, 6.45) is 39.8. The molecule has 48 heavy (non-hydrogen) atoms. The molecule has 0 saturated carbocycles. The minimum absolute atomic E-state index is 0.202. The van der Waals surface area contributed by atoms with Crippen molar-refractivity contribution >= 4 is 11.9 Å². The Labute approximate surface area is 296 Å². The Hall–Kier alpha value is -2.12. The van der Waals surface area contributed by atoms with Gasteiger partial charge in [-0.1, -0.05) is 135 Å². The summed E-state index contributed by atoms with van der Waals surface area (Å²) >= 11 is 0. The van der Waals surface area contributed by atoms with Crippen LogP contribution in [0.3, 0.4) is 0 Å². The fourth-order valence-electron chi connectivity index (χ4n) is 5.40. The van der Waals surface area contributed by atoms with Crippen LogP contribution in [0.15, 0.2) is 36.6 Å². The number of rotatable bonds is 36. The molecule has 0 heterocycles. The van der Waals surface area contributed by atoms with E-state index < -0.39 is 0 Å². The van der Waals surface area contributed by atoms with E-state index in [1.54, 1.807) is 12.2 Å². The zero-order valence-electron chi connectivity index (χ0n) is 31.8. The second kappa shape index (κ2) is 37.7. The van der Waals surface area contributed by atoms with Crippen LogP contribution in [0, 0.1) is 0 Å². The molecule has 1 N–H and O–H groups in total. The van der Waals surface area contributed by atoms with Gasteiger partial charge in [-0.25, -0.2) is 9.59 Å². The average Bonchev–Trinajstić information content (AvgIpc) is 3.07. The van der Waals surface area contributed by atoms with Gasteiger partial charge in [0.25, 0.3) is 0 Å². The normalized spacial score (nSPS) is 12.5. The molecule has 0 unspecified atom stereocenters. The van der Waals surface area contributed by atoms with Crippen LogP contribution in [0.1, 0.15) is 174 Å². The Bertz CT molecular complexity index is 744. The van der Waals surface area contributed by atoms with Gasteiger partial charge in [0.15, 0.2) is 0 Å². The SMILES string of the molecule is CCCCCCC=CC(=O)OCCCCCCCCC(CCCCCCCCOC(=O)C=CCCCCCC)ON/C=C/CCN(C)C. The number of carbonyl (C=O) groups is 2. The van der Waals surface area contributed by atoms with Crippen LogP contribution in [0.2, 0.25) is 0 Å². The van der Waals surface area contributed by atoms with Crippen molar-refractivity contribution in [2.45, 2.75) is 180 Å². The van der Waals surface area contributed by atoms with Gasteiger partial charge in [0.1, 0.15) is 0 Å². The topological polar surface area (TPSA) is 77.1 Å². The average molecular weight is 677 g/mol. The van der Waals surface area contributed by atoms with Crippen molar-refractivity contribution in [1.29, 1.82) is 0 Å². The van der Waals surface area contributed by atoms with E-state index in [0.29, 0.717) is 13.2 Å². The number of allylic oxidation sites excluding steroid dienone is 2. The van der Waals surface area contributed by atoms with E-state index in [9.17, 15) is 9.59 Å². The standard InChI is InChI=1S/C41H76N2O5/c1-5-7-9-11-19-25-33-40(44)46-37-29-21-15-13-17-23-31-39(48-42-35-27-28-36-43(3)4)32-24-18-14-16-22-30-38-47-41(45)34-26-20-12-10-8-6-2/h25-27,33-35,39,42H,5-24,28-32,36-38H2,1-4H3/b33-25?,34-26?,35-27+. The Kier molecular flexibility index (Phi) is 36.0. The molecule has 0 aromatic rings. The lowest BCUT2D eigenvalue weighted by Gasteiger charge is -2.17. The highest BCUT2D eigenvalue weighted by atomic mass is 16.7. The number of ether oxygens (including phenoxy) is 2. The zero-order valence-corrected chi connectivity index (χ0v) is 31.8. The number of esters is 2. The molecule has 0 saturated heterocycles. The quantitative estimate of drug-likeness (QED) is 0.0306. The fraction of sp³-hybridized carbons (Fsp3) is 0.805. The van der Waals surface area contributed by atoms with Crippen LogP contribution in [-0.4, -0.2) is 56.8 Å². The lowest BCUT2D eigenvalue weighted by atomic mass is 10.0. The molecule has 0 amide bonds. The lowest BCUT2D eigenvalue weighted by Crippen LogP contribution is -2.20. The second-order valence-corrected chi connectivity index (χ2v) is 13.5. The Morgan fingerprint density at radius 1 is 0.562 bits per heavy atom. The number of nitrogens with zero attached hydrogens (tertiary/aromatic N) is 1. The molecule has 7 nitrogen and oxygen atoms in total. The predicted molar refractivity (Wildman–Crippen MR) is 203 cm³/mol. The molecule has 0 aliphatic rings. The van der Waals surface area contributed by atoms with Gasteiger partial charge in [-0.3, -0.25) is 10.3 Å². The van der Waals surface area contributed by atoms with Crippen molar-refractivity contribution in [1.82, 2.24) is 10.4 Å². The third kappa shape index (κ3) is 36.7. The first-order chi connectivity index (χ1) is 23.5.